The minimum atomic E-state index is 0.281. The van der Waals surface area contributed by atoms with Crippen LogP contribution in [0.15, 0.2) is 18.2 Å². The van der Waals surface area contributed by atoms with Crippen LogP contribution in [0.3, 0.4) is 0 Å². The Morgan fingerprint density at radius 3 is 3.06 bits per heavy atom. The summed E-state index contributed by atoms with van der Waals surface area (Å²) >= 11 is 8.03. The van der Waals surface area contributed by atoms with E-state index in [4.69, 9.17) is 11.6 Å². The van der Waals surface area contributed by atoms with Crippen LogP contribution in [0.1, 0.15) is 18.4 Å². The minimum Gasteiger partial charge on any atom is -0.508 e. The number of halogens is 1. The molecule has 4 heteroatoms. The molecule has 1 unspecified atom stereocenters. The molecular formula is C12H16ClNOS. The molecular weight excluding hydrogens is 242 g/mol. The molecule has 16 heavy (non-hydrogen) atoms. The molecule has 0 bridgehead atoms. The van der Waals surface area contributed by atoms with Crippen molar-refractivity contribution in [2.24, 2.45) is 0 Å². The summed E-state index contributed by atoms with van der Waals surface area (Å²) in [5, 5.41) is 13.8. The largest absolute Gasteiger partial charge is 0.508 e. The topological polar surface area (TPSA) is 32.3 Å². The molecule has 0 amide bonds. The van der Waals surface area contributed by atoms with Gasteiger partial charge in [0.1, 0.15) is 5.75 Å². The van der Waals surface area contributed by atoms with E-state index >= 15 is 0 Å². The van der Waals surface area contributed by atoms with Crippen LogP contribution in [0.4, 0.5) is 0 Å². The Morgan fingerprint density at radius 2 is 2.38 bits per heavy atom. The normalized spacial score (nSPS) is 20.9. The summed E-state index contributed by atoms with van der Waals surface area (Å²) < 4.78 is 0. The Labute approximate surface area is 105 Å². The second-order valence-corrected chi connectivity index (χ2v) is 5.59. The van der Waals surface area contributed by atoms with Crippen LogP contribution in [-0.4, -0.2) is 22.7 Å². The Balaban J connectivity index is 1.93. The zero-order valence-corrected chi connectivity index (χ0v) is 10.7. The van der Waals surface area contributed by atoms with Crippen molar-refractivity contribution in [3.05, 3.63) is 28.8 Å². The zero-order valence-electron chi connectivity index (χ0n) is 9.08. The van der Waals surface area contributed by atoms with Crippen molar-refractivity contribution >= 4 is 23.4 Å². The van der Waals surface area contributed by atoms with Gasteiger partial charge in [0.2, 0.25) is 0 Å². The minimum absolute atomic E-state index is 0.281. The molecule has 88 valence electrons. The molecule has 0 radical (unpaired) electrons. The van der Waals surface area contributed by atoms with Crippen LogP contribution in [0.25, 0.3) is 0 Å². The van der Waals surface area contributed by atoms with E-state index in [0.29, 0.717) is 17.6 Å². The van der Waals surface area contributed by atoms with Crippen LogP contribution >= 0.6 is 23.4 Å². The molecule has 1 aromatic rings. The summed E-state index contributed by atoms with van der Waals surface area (Å²) in [7, 11) is 0. The maximum atomic E-state index is 9.69. The maximum absolute atomic E-state index is 9.69. The molecule has 1 aromatic carbocycles. The highest BCUT2D eigenvalue weighted by Crippen LogP contribution is 2.25. The molecule has 0 spiro atoms. The van der Waals surface area contributed by atoms with Crippen molar-refractivity contribution in [3.63, 3.8) is 0 Å². The van der Waals surface area contributed by atoms with Crippen LogP contribution in [0, 0.1) is 0 Å². The van der Waals surface area contributed by atoms with E-state index in [1.807, 2.05) is 17.8 Å². The molecule has 2 N–H and O–H groups in total. The van der Waals surface area contributed by atoms with E-state index in [2.05, 4.69) is 5.32 Å². The lowest BCUT2D eigenvalue weighted by atomic mass is 10.1. The summed E-state index contributed by atoms with van der Waals surface area (Å²) in [5.41, 5.74) is 0.805. The highest BCUT2D eigenvalue weighted by Gasteiger charge is 2.14. The monoisotopic (exact) mass is 257 g/mol. The number of aromatic hydroxyl groups is 1. The van der Waals surface area contributed by atoms with Crippen molar-refractivity contribution < 1.29 is 5.11 Å². The summed E-state index contributed by atoms with van der Waals surface area (Å²) in [6.45, 7) is 0.650. The standard InChI is InChI=1S/C12H16ClNOS/c13-11-4-1-5-12(15)10(11)7-14-9-3-2-6-16-8-9/h1,4-5,9,14-15H,2-3,6-8H2. The fourth-order valence-corrected chi connectivity index (χ4v) is 3.21. The molecule has 2 nitrogen and oxygen atoms in total. The predicted molar refractivity (Wildman–Crippen MR) is 70.3 cm³/mol. The van der Waals surface area contributed by atoms with Gasteiger partial charge in [-0.2, -0.15) is 11.8 Å². The lowest BCUT2D eigenvalue weighted by Gasteiger charge is -2.23. The highest BCUT2D eigenvalue weighted by molar-refractivity contribution is 7.99. The van der Waals surface area contributed by atoms with Gasteiger partial charge < -0.3 is 10.4 Å². The van der Waals surface area contributed by atoms with Crippen LogP contribution < -0.4 is 5.32 Å². The van der Waals surface area contributed by atoms with Gasteiger partial charge in [0.25, 0.3) is 0 Å². The molecule has 1 aliphatic heterocycles. The first-order valence-electron chi connectivity index (χ1n) is 5.55. The molecule has 0 aromatic heterocycles. The molecule has 0 saturated carbocycles. The molecule has 1 atom stereocenters. The zero-order chi connectivity index (χ0) is 11.4. The Kier molecular flexibility index (Phi) is 4.38. The third-order valence-electron chi connectivity index (χ3n) is 2.82. The van der Waals surface area contributed by atoms with Gasteiger partial charge in [-0.3, -0.25) is 0 Å². The first-order valence-corrected chi connectivity index (χ1v) is 7.08. The van der Waals surface area contributed by atoms with Gasteiger partial charge in [0, 0.05) is 28.9 Å². The summed E-state index contributed by atoms with van der Waals surface area (Å²) in [6, 6.07) is 5.80. The van der Waals surface area contributed by atoms with Gasteiger partial charge in [0.05, 0.1) is 0 Å². The SMILES string of the molecule is Oc1cccc(Cl)c1CNC1CCCSC1. The third kappa shape index (κ3) is 3.06. The second-order valence-electron chi connectivity index (χ2n) is 4.03. The van der Waals surface area contributed by atoms with Crippen molar-refractivity contribution in [2.75, 3.05) is 11.5 Å². The van der Waals surface area contributed by atoms with Crippen molar-refractivity contribution in [1.29, 1.82) is 0 Å². The first kappa shape index (κ1) is 12.1. The Hall–Kier alpha value is -0.380. The third-order valence-corrected chi connectivity index (χ3v) is 4.39. The number of phenols is 1. The van der Waals surface area contributed by atoms with Gasteiger partial charge in [-0.15, -0.1) is 0 Å². The van der Waals surface area contributed by atoms with Crippen LogP contribution in [-0.2, 0) is 6.54 Å². The summed E-state index contributed by atoms with van der Waals surface area (Å²) in [5.74, 6) is 2.71. The number of phenolic OH excluding ortho intramolecular Hbond substituents is 1. The number of hydrogen-bond donors (Lipinski definition) is 2. The first-order chi connectivity index (χ1) is 7.77. The molecule has 1 fully saturated rings. The number of hydrogen-bond acceptors (Lipinski definition) is 3. The van der Waals surface area contributed by atoms with E-state index in [1.165, 1.54) is 18.6 Å². The lowest BCUT2D eigenvalue weighted by molar-refractivity contribution is 0.454. The van der Waals surface area contributed by atoms with Gasteiger partial charge in [0.15, 0.2) is 0 Å². The maximum Gasteiger partial charge on any atom is 0.121 e. The van der Waals surface area contributed by atoms with Crippen molar-refractivity contribution in [1.82, 2.24) is 5.32 Å². The second kappa shape index (κ2) is 5.80. The van der Waals surface area contributed by atoms with Gasteiger partial charge >= 0.3 is 0 Å². The quantitative estimate of drug-likeness (QED) is 0.873. The number of nitrogens with one attached hydrogen (secondary N) is 1. The number of thioether (sulfide) groups is 1. The average Bonchev–Trinajstić information content (AvgIpc) is 2.30. The summed E-state index contributed by atoms with van der Waals surface area (Å²) in [4.78, 5) is 0. The van der Waals surface area contributed by atoms with Crippen molar-refractivity contribution in [3.8, 4) is 5.75 Å². The molecule has 0 aliphatic carbocycles. The van der Waals surface area contributed by atoms with E-state index in [0.717, 1.165) is 11.3 Å². The molecule has 1 saturated heterocycles. The fraction of sp³-hybridized carbons (Fsp3) is 0.500. The predicted octanol–water partition coefficient (Wildman–Crippen LogP) is 3.03. The van der Waals surface area contributed by atoms with E-state index in [9.17, 15) is 5.11 Å². The highest BCUT2D eigenvalue weighted by atomic mass is 35.5. The fourth-order valence-electron chi connectivity index (χ4n) is 1.87. The average molecular weight is 258 g/mol. The molecule has 2 rings (SSSR count). The van der Waals surface area contributed by atoms with Gasteiger partial charge in [-0.05, 0) is 30.7 Å². The van der Waals surface area contributed by atoms with Crippen LogP contribution in [0.2, 0.25) is 5.02 Å². The molecule has 1 aliphatic rings. The van der Waals surface area contributed by atoms with Crippen LogP contribution in [0.5, 0.6) is 5.75 Å². The smallest absolute Gasteiger partial charge is 0.121 e. The number of benzene rings is 1. The van der Waals surface area contributed by atoms with E-state index in [1.54, 1.807) is 12.1 Å². The summed E-state index contributed by atoms with van der Waals surface area (Å²) in [6.07, 6.45) is 2.50. The van der Waals surface area contributed by atoms with Crippen molar-refractivity contribution in [2.45, 2.75) is 25.4 Å². The molecule has 1 heterocycles. The number of rotatable bonds is 3. The Bertz CT molecular complexity index is 333. The Morgan fingerprint density at radius 1 is 1.50 bits per heavy atom. The van der Waals surface area contributed by atoms with E-state index < -0.39 is 0 Å². The van der Waals surface area contributed by atoms with Gasteiger partial charge in [-0.1, -0.05) is 17.7 Å². The lowest BCUT2D eigenvalue weighted by Crippen LogP contribution is -2.33. The van der Waals surface area contributed by atoms with E-state index in [-0.39, 0.29) is 5.75 Å². The van der Waals surface area contributed by atoms with Gasteiger partial charge in [-0.25, -0.2) is 0 Å².